The molecule has 51 heavy (non-hydrogen) atoms. The number of hydrogen-bond donors (Lipinski definition) is 0. The van der Waals surface area contributed by atoms with E-state index in [-0.39, 0.29) is 10.8 Å². The molecular formula is C48H39N3. The minimum absolute atomic E-state index is 0.0978. The zero-order valence-corrected chi connectivity index (χ0v) is 29.2. The van der Waals surface area contributed by atoms with Crippen LogP contribution in [0, 0.1) is 0 Å². The number of benzene rings is 6. The Labute approximate surface area is 300 Å². The van der Waals surface area contributed by atoms with E-state index < -0.39 is 0 Å². The Hall–Kier alpha value is -5.67. The van der Waals surface area contributed by atoms with Gasteiger partial charge in [-0.1, -0.05) is 154 Å². The molecule has 0 radical (unpaired) electrons. The van der Waals surface area contributed by atoms with Crippen LogP contribution in [0.25, 0.3) is 67.5 Å². The van der Waals surface area contributed by atoms with Gasteiger partial charge in [-0.2, -0.15) is 0 Å². The van der Waals surface area contributed by atoms with Crippen LogP contribution in [0.3, 0.4) is 0 Å². The molecule has 1 saturated carbocycles. The second-order valence-electron chi connectivity index (χ2n) is 15.1. The average molecular weight is 658 g/mol. The highest BCUT2D eigenvalue weighted by Crippen LogP contribution is 2.59. The van der Waals surface area contributed by atoms with E-state index in [0.717, 1.165) is 16.7 Å². The first-order valence-electron chi connectivity index (χ1n) is 18.4. The molecule has 3 nitrogen and oxygen atoms in total. The Morgan fingerprint density at radius 2 is 0.843 bits per heavy atom. The fraction of sp³-hybridized carbons (Fsp3) is 0.188. The summed E-state index contributed by atoms with van der Waals surface area (Å²) in [6, 6.07) is 50.5. The van der Waals surface area contributed by atoms with E-state index in [4.69, 9.17) is 15.0 Å². The number of fused-ring (bicyclic) bond motifs is 8. The van der Waals surface area contributed by atoms with E-state index in [1.807, 2.05) is 60.7 Å². The second kappa shape index (κ2) is 11.4. The van der Waals surface area contributed by atoms with Crippen LogP contribution in [-0.4, -0.2) is 15.0 Å². The molecular weight excluding hydrogens is 619 g/mol. The summed E-state index contributed by atoms with van der Waals surface area (Å²) >= 11 is 0. The smallest absolute Gasteiger partial charge is 0.164 e. The lowest BCUT2D eigenvalue weighted by molar-refractivity contribution is 0.353. The fourth-order valence-electron chi connectivity index (χ4n) is 9.30. The van der Waals surface area contributed by atoms with Crippen molar-refractivity contribution in [3.63, 3.8) is 0 Å². The number of nitrogens with zero attached hydrogens (tertiary/aromatic N) is 3. The second-order valence-corrected chi connectivity index (χ2v) is 15.1. The van der Waals surface area contributed by atoms with Gasteiger partial charge in [0, 0.05) is 27.5 Å². The first kappa shape index (κ1) is 30.2. The van der Waals surface area contributed by atoms with Crippen LogP contribution in [0.4, 0.5) is 0 Å². The first-order chi connectivity index (χ1) is 25.0. The van der Waals surface area contributed by atoms with E-state index in [1.54, 1.807) is 11.1 Å². The predicted molar refractivity (Wildman–Crippen MR) is 208 cm³/mol. The lowest BCUT2D eigenvalue weighted by atomic mass is 9.67. The van der Waals surface area contributed by atoms with E-state index in [9.17, 15) is 0 Å². The van der Waals surface area contributed by atoms with Gasteiger partial charge in [0.1, 0.15) is 0 Å². The van der Waals surface area contributed by atoms with Crippen LogP contribution >= 0.6 is 0 Å². The Balaban J connectivity index is 1.02. The zero-order valence-electron chi connectivity index (χ0n) is 29.2. The molecule has 6 aromatic carbocycles. The summed E-state index contributed by atoms with van der Waals surface area (Å²) in [4.78, 5) is 14.7. The van der Waals surface area contributed by atoms with Gasteiger partial charge in [0.15, 0.2) is 17.5 Å². The molecule has 1 heterocycles. The molecule has 0 unspecified atom stereocenters. The maximum Gasteiger partial charge on any atom is 0.164 e. The van der Waals surface area contributed by atoms with Crippen molar-refractivity contribution in [2.24, 2.45) is 0 Å². The Bertz CT molecular complexity index is 2400. The molecule has 0 saturated heterocycles. The van der Waals surface area contributed by atoms with Crippen molar-refractivity contribution in [1.29, 1.82) is 0 Å². The Morgan fingerprint density at radius 3 is 1.49 bits per heavy atom. The van der Waals surface area contributed by atoms with Crippen LogP contribution in [0.15, 0.2) is 140 Å². The highest BCUT2D eigenvalue weighted by atomic mass is 15.0. The van der Waals surface area contributed by atoms with Gasteiger partial charge in [-0.25, -0.2) is 15.0 Å². The lowest BCUT2D eigenvalue weighted by Gasteiger charge is -2.36. The summed E-state index contributed by atoms with van der Waals surface area (Å²) in [7, 11) is 0. The third kappa shape index (κ3) is 4.68. The molecule has 1 fully saturated rings. The summed E-state index contributed by atoms with van der Waals surface area (Å²) in [5.41, 5.74) is 17.1. The average Bonchev–Trinajstić information content (AvgIpc) is 3.58. The summed E-state index contributed by atoms with van der Waals surface area (Å²) in [6.45, 7) is 4.81. The van der Waals surface area contributed by atoms with Crippen LogP contribution in [0.2, 0.25) is 0 Å². The molecule has 3 heteroatoms. The molecule has 3 aliphatic carbocycles. The maximum absolute atomic E-state index is 4.94. The summed E-state index contributed by atoms with van der Waals surface area (Å²) < 4.78 is 0. The largest absolute Gasteiger partial charge is 0.208 e. The SMILES string of the molecule is CC1(C)c2cc(-c3ccc(-c4nc(-c5ccccc5)nc(-c5ccccc5)n4)cc3)ccc2-c2cc3c(cc21)-c1ccccc1C31CCCCC1. The quantitative estimate of drug-likeness (QED) is 0.189. The molecule has 246 valence electrons. The highest BCUT2D eigenvalue weighted by molar-refractivity contribution is 5.91. The molecule has 0 aliphatic heterocycles. The van der Waals surface area contributed by atoms with Crippen LogP contribution < -0.4 is 0 Å². The standard InChI is InChI=1S/C48H39N3/c1-47(2)41-28-35(24-25-37(41)38-30-43-39(29-42(38)47)36-18-10-11-19-40(36)48(43)26-12-5-13-27-48)31-20-22-34(23-21-31)46-50-44(32-14-6-3-7-15-32)49-45(51-46)33-16-8-4-9-17-33/h3-4,6-11,14-25,28-30H,5,12-13,26-27H2,1-2H3. The van der Waals surface area contributed by atoms with Crippen LogP contribution in [0.5, 0.6) is 0 Å². The van der Waals surface area contributed by atoms with Crippen molar-refractivity contribution in [3.8, 4) is 67.5 Å². The molecule has 10 rings (SSSR count). The van der Waals surface area contributed by atoms with Gasteiger partial charge < -0.3 is 0 Å². The molecule has 1 aromatic heterocycles. The van der Waals surface area contributed by atoms with Crippen LogP contribution in [-0.2, 0) is 10.8 Å². The normalized spacial score (nSPS) is 16.0. The van der Waals surface area contributed by atoms with E-state index in [1.165, 1.54) is 76.6 Å². The summed E-state index contributed by atoms with van der Waals surface area (Å²) in [5, 5.41) is 0. The molecule has 0 atom stereocenters. The van der Waals surface area contributed by atoms with Crippen molar-refractivity contribution in [1.82, 2.24) is 15.0 Å². The highest BCUT2D eigenvalue weighted by Gasteiger charge is 2.46. The maximum atomic E-state index is 4.94. The first-order valence-corrected chi connectivity index (χ1v) is 18.4. The van der Waals surface area contributed by atoms with Gasteiger partial charge in [-0.15, -0.1) is 0 Å². The molecule has 1 spiro atoms. The van der Waals surface area contributed by atoms with E-state index in [2.05, 4.69) is 92.7 Å². The van der Waals surface area contributed by atoms with Crippen molar-refractivity contribution in [2.45, 2.75) is 56.8 Å². The molecule has 3 aliphatic rings. The summed E-state index contributed by atoms with van der Waals surface area (Å²) in [6.07, 6.45) is 6.48. The third-order valence-electron chi connectivity index (χ3n) is 11.9. The number of hydrogen-bond acceptors (Lipinski definition) is 3. The predicted octanol–water partition coefficient (Wildman–Crippen LogP) is 12.1. The van der Waals surface area contributed by atoms with Crippen molar-refractivity contribution < 1.29 is 0 Å². The minimum atomic E-state index is -0.0978. The number of aromatic nitrogens is 3. The van der Waals surface area contributed by atoms with Gasteiger partial charge in [0.2, 0.25) is 0 Å². The summed E-state index contributed by atoms with van der Waals surface area (Å²) in [5.74, 6) is 2.02. The zero-order chi connectivity index (χ0) is 34.2. The van der Waals surface area contributed by atoms with E-state index >= 15 is 0 Å². The third-order valence-corrected chi connectivity index (χ3v) is 11.9. The van der Waals surface area contributed by atoms with E-state index in [0.29, 0.717) is 17.5 Å². The monoisotopic (exact) mass is 657 g/mol. The molecule has 7 aromatic rings. The Morgan fingerprint density at radius 1 is 0.373 bits per heavy atom. The number of rotatable bonds is 4. The molecule has 0 bridgehead atoms. The van der Waals surface area contributed by atoms with Gasteiger partial charge in [0.25, 0.3) is 0 Å². The van der Waals surface area contributed by atoms with Gasteiger partial charge >= 0.3 is 0 Å². The van der Waals surface area contributed by atoms with Crippen molar-refractivity contribution in [2.75, 3.05) is 0 Å². The van der Waals surface area contributed by atoms with Gasteiger partial charge in [-0.05, 0) is 86.7 Å². The lowest BCUT2D eigenvalue weighted by Crippen LogP contribution is -2.28. The van der Waals surface area contributed by atoms with Crippen molar-refractivity contribution in [3.05, 3.63) is 162 Å². The fourth-order valence-corrected chi connectivity index (χ4v) is 9.30. The minimum Gasteiger partial charge on any atom is -0.208 e. The topological polar surface area (TPSA) is 38.7 Å². The molecule has 0 amide bonds. The van der Waals surface area contributed by atoms with Gasteiger partial charge in [-0.3, -0.25) is 0 Å². The van der Waals surface area contributed by atoms with Crippen molar-refractivity contribution >= 4 is 0 Å². The molecule has 0 N–H and O–H groups in total. The van der Waals surface area contributed by atoms with Gasteiger partial charge in [0.05, 0.1) is 0 Å². The van der Waals surface area contributed by atoms with Crippen LogP contribution in [0.1, 0.15) is 68.2 Å². The Kier molecular flexibility index (Phi) is 6.76.